The van der Waals surface area contributed by atoms with E-state index in [-0.39, 0.29) is 5.91 Å². The van der Waals surface area contributed by atoms with Gasteiger partial charge in [-0.1, -0.05) is 42.3 Å². The molecule has 0 aliphatic carbocycles. The Morgan fingerprint density at radius 2 is 1.64 bits per heavy atom. The second kappa shape index (κ2) is 11.5. The Kier molecular flexibility index (Phi) is 8.71. The quantitative estimate of drug-likeness (QED) is 0.431. The molecule has 28 heavy (non-hydrogen) atoms. The molecule has 0 aromatic heterocycles. The number of hydrogen-bond donors (Lipinski definition) is 1. The molecule has 0 spiro atoms. The van der Waals surface area contributed by atoms with Crippen molar-refractivity contribution in [2.45, 2.75) is 50.1 Å². The summed E-state index contributed by atoms with van der Waals surface area (Å²) < 4.78 is 0. The van der Waals surface area contributed by atoms with Crippen molar-refractivity contribution in [1.82, 2.24) is 10.2 Å². The smallest absolute Gasteiger partial charge is 0.220 e. The summed E-state index contributed by atoms with van der Waals surface area (Å²) in [5.41, 5.74) is 2.52. The van der Waals surface area contributed by atoms with Crippen molar-refractivity contribution in [2.24, 2.45) is 0 Å². The van der Waals surface area contributed by atoms with Gasteiger partial charge in [0.25, 0.3) is 0 Å². The molecule has 1 N–H and O–H groups in total. The fraction of sp³-hybridized carbons (Fsp3) is 0.435. The minimum atomic E-state index is 0.120. The van der Waals surface area contributed by atoms with Crippen molar-refractivity contribution >= 4 is 29.3 Å². The van der Waals surface area contributed by atoms with Crippen LogP contribution in [0.5, 0.6) is 0 Å². The standard InChI is InChI=1S/C23H29ClN2OS/c24-21-10-12-22(13-11-21)28-16-4-5-23(27)25-17-19-6-8-20(9-7-19)18-26-14-2-1-3-15-26/h6-13H,1-5,14-18H2,(H,25,27). The van der Waals surface area contributed by atoms with Crippen LogP contribution in [-0.2, 0) is 17.9 Å². The highest BCUT2D eigenvalue weighted by Crippen LogP contribution is 2.21. The Morgan fingerprint density at radius 1 is 0.964 bits per heavy atom. The third-order valence-corrected chi connectivity index (χ3v) is 6.35. The highest BCUT2D eigenvalue weighted by atomic mass is 35.5. The topological polar surface area (TPSA) is 32.3 Å². The summed E-state index contributed by atoms with van der Waals surface area (Å²) in [6.45, 7) is 4.08. The molecule has 3 rings (SSSR count). The van der Waals surface area contributed by atoms with Gasteiger partial charge in [-0.25, -0.2) is 0 Å². The van der Waals surface area contributed by atoms with Gasteiger partial charge < -0.3 is 5.32 Å². The summed E-state index contributed by atoms with van der Waals surface area (Å²) in [5, 5.41) is 3.78. The van der Waals surface area contributed by atoms with Crippen LogP contribution in [0, 0.1) is 0 Å². The lowest BCUT2D eigenvalue weighted by Gasteiger charge is -2.26. The second-order valence-corrected chi connectivity index (χ2v) is 8.94. The van der Waals surface area contributed by atoms with E-state index in [0.29, 0.717) is 13.0 Å². The summed E-state index contributed by atoms with van der Waals surface area (Å²) >= 11 is 7.65. The Hall–Kier alpha value is -1.49. The lowest BCUT2D eigenvalue weighted by molar-refractivity contribution is -0.121. The number of nitrogens with zero attached hydrogens (tertiary/aromatic N) is 1. The molecule has 0 unspecified atom stereocenters. The van der Waals surface area contributed by atoms with Crippen molar-refractivity contribution in [2.75, 3.05) is 18.8 Å². The first-order valence-electron chi connectivity index (χ1n) is 10.1. The highest BCUT2D eigenvalue weighted by Gasteiger charge is 2.10. The molecule has 1 saturated heterocycles. The molecule has 1 amide bonds. The summed E-state index contributed by atoms with van der Waals surface area (Å²) in [6.07, 6.45) is 5.45. The molecule has 2 aromatic rings. The minimum absolute atomic E-state index is 0.120. The average molecular weight is 417 g/mol. The van der Waals surface area contributed by atoms with Crippen LogP contribution in [0.15, 0.2) is 53.4 Å². The lowest BCUT2D eigenvalue weighted by atomic mass is 10.1. The Bertz CT molecular complexity index is 727. The summed E-state index contributed by atoms with van der Waals surface area (Å²) in [7, 11) is 0. The normalized spacial score (nSPS) is 14.8. The van der Waals surface area contributed by atoms with Crippen LogP contribution in [0.2, 0.25) is 5.02 Å². The molecular formula is C23H29ClN2OS. The maximum Gasteiger partial charge on any atom is 0.220 e. The number of carbonyl (C=O) groups is 1. The van der Waals surface area contributed by atoms with Crippen molar-refractivity contribution < 1.29 is 4.79 Å². The maximum absolute atomic E-state index is 12.1. The molecule has 5 heteroatoms. The zero-order valence-electron chi connectivity index (χ0n) is 16.3. The van der Waals surface area contributed by atoms with E-state index in [1.807, 2.05) is 24.3 Å². The van der Waals surface area contributed by atoms with Crippen LogP contribution in [0.1, 0.15) is 43.2 Å². The van der Waals surface area contributed by atoms with E-state index in [2.05, 4.69) is 34.5 Å². The van der Waals surface area contributed by atoms with E-state index in [4.69, 9.17) is 11.6 Å². The highest BCUT2D eigenvalue weighted by molar-refractivity contribution is 7.99. The molecule has 150 valence electrons. The molecule has 2 aromatic carbocycles. The molecule has 0 saturated carbocycles. The third kappa shape index (κ3) is 7.50. The number of nitrogens with one attached hydrogen (secondary N) is 1. The minimum Gasteiger partial charge on any atom is -0.352 e. The molecule has 1 heterocycles. The zero-order valence-corrected chi connectivity index (χ0v) is 17.9. The van der Waals surface area contributed by atoms with Crippen LogP contribution in [0.4, 0.5) is 0 Å². The number of benzene rings is 2. The first-order valence-corrected chi connectivity index (χ1v) is 11.5. The van der Waals surface area contributed by atoms with Gasteiger partial charge in [0, 0.05) is 29.4 Å². The van der Waals surface area contributed by atoms with Crippen LogP contribution in [0.25, 0.3) is 0 Å². The molecule has 0 radical (unpaired) electrons. The first-order chi connectivity index (χ1) is 13.7. The average Bonchev–Trinajstić information content (AvgIpc) is 2.73. The van der Waals surface area contributed by atoms with Gasteiger partial charge in [-0.3, -0.25) is 9.69 Å². The number of thioether (sulfide) groups is 1. The number of halogens is 1. The number of rotatable bonds is 9. The van der Waals surface area contributed by atoms with Crippen molar-refractivity contribution in [3.63, 3.8) is 0 Å². The van der Waals surface area contributed by atoms with E-state index >= 15 is 0 Å². The Labute approximate surface area is 177 Å². The zero-order chi connectivity index (χ0) is 19.6. The SMILES string of the molecule is O=C(CCCSc1ccc(Cl)cc1)NCc1ccc(CN2CCCCC2)cc1. The predicted octanol–water partition coefficient (Wildman–Crippen LogP) is 5.51. The van der Waals surface area contributed by atoms with Crippen LogP contribution in [-0.4, -0.2) is 29.6 Å². The van der Waals surface area contributed by atoms with Gasteiger partial charge in [-0.05, 0) is 73.5 Å². The van der Waals surface area contributed by atoms with E-state index in [9.17, 15) is 4.79 Å². The van der Waals surface area contributed by atoms with Crippen molar-refractivity contribution in [3.05, 3.63) is 64.7 Å². The summed E-state index contributed by atoms with van der Waals surface area (Å²) in [6, 6.07) is 16.5. The Balaban J connectivity index is 1.31. The largest absolute Gasteiger partial charge is 0.352 e. The molecule has 1 aliphatic rings. The lowest BCUT2D eigenvalue weighted by Crippen LogP contribution is -2.29. The number of likely N-dealkylation sites (tertiary alicyclic amines) is 1. The van der Waals surface area contributed by atoms with Gasteiger partial charge in [-0.2, -0.15) is 0 Å². The van der Waals surface area contributed by atoms with E-state index < -0.39 is 0 Å². The number of amides is 1. The van der Waals surface area contributed by atoms with E-state index in [0.717, 1.165) is 29.3 Å². The molecule has 1 aliphatic heterocycles. The van der Waals surface area contributed by atoms with Crippen LogP contribution < -0.4 is 5.32 Å². The number of carbonyl (C=O) groups excluding carboxylic acids is 1. The van der Waals surface area contributed by atoms with Crippen molar-refractivity contribution in [1.29, 1.82) is 0 Å². The monoisotopic (exact) mass is 416 g/mol. The van der Waals surface area contributed by atoms with Gasteiger partial charge in [0.2, 0.25) is 5.91 Å². The fourth-order valence-electron chi connectivity index (χ4n) is 3.38. The van der Waals surface area contributed by atoms with Crippen LogP contribution in [0.3, 0.4) is 0 Å². The van der Waals surface area contributed by atoms with Gasteiger partial charge in [0.15, 0.2) is 0 Å². The second-order valence-electron chi connectivity index (χ2n) is 7.34. The Morgan fingerprint density at radius 3 is 2.36 bits per heavy atom. The van der Waals surface area contributed by atoms with E-state index in [1.54, 1.807) is 11.8 Å². The fourth-order valence-corrected chi connectivity index (χ4v) is 4.36. The number of piperidine rings is 1. The summed E-state index contributed by atoms with van der Waals surface area (Å²) in [5.74, 6) is 1.05. The molecular weight excluding hydrogens is 388 g/mol. The molecule has 1 fully saturated rings. The molecule has 3 nitrogen and oxygen atoms in total. The summed E-state index contributed by atoms with van der Waals surface area (Å²) in [4.78, 5) is 15.8. The molecule has 0 atom stereocenters. The first kappa shape index (κ1) is 21.2. The predicted molar refractivity (Wildman–Crippen MR) is 119 cm³/mol. The van der Waals surface area contributed by atoms with Crippen LogP contribution >= 0.6 is 23.4 Å². The van der Waals surface area contributed by atoms with E-state index in [1.165, 1.54) is 42.8 Å². The van der Waals surface area contributed by atoms with Gasteiger partial charge in [0.05, 0.1) is 0 Å². The van der Waals surface area contributed by atoms with Gasteiger partial charge in [-0.15, -0.1) is 11.8 Å². The molecule has 0 bridgehead atoms. The van der Waals surface area contributed by atoms with Crippen molar-refractivity contribution in [3.8, 4) is 0 Å². The van der Waals surface area contributed by atoms with Gasteiger partial charge >= 0.3 is 0 Å². The maximum atomic E-state index is 12.1. The number of hydrogen-bond acceptors (Lipinski definition) is 3. The van der Waals surface area contributed by atoms with Gasteiger partial charge in [0.1, 0.15) is 0 Å². The third-order valence-electron chi connectivity index (χ3n) is 5.00.